The van der Waals surface area contributed by atoms with Gasteiger partial charge in [0.05, 0.1) is 12.8 Å². The second-order valence-corrected chi connectivity index (χ2v) is 3.72. The Bertz CT molecular complexity index is 511. The van der Waals surface area contributed by atoms with Gasteiger partial charge in [0.25, 0.3) is 0 Å². The molecule has 4 nitrogen and oxygen atoms in total. The van der Waals surface area contributed by atoms with Crippen molar-refractivity contribution in [2.45, 2.75) is 6.42 Å². The van der Waals surface area contributed by atoms with Gasteiger partial charge in [-0.3, -0.25) is 10.4 Å². The molecular formula is C14H15N3O. The first kappa shape index (κ1) is 12.1. The molecule has 2 aromatic rings. The Morgan fingerprint density at radius 1 is 1.28 bits per heavy atom. The van der Waals surface area contributed by atoms with Crippen LogP contribution in [0.5, 0.6) is 5.75 Å². The topological polar surface area (TPSA) is 46.5 Å². The van der Waals surface area contributed by atoms with E-state index in [-0.39, 0.29) is 0 Å². The molecule has 0 aliphatic heterocycles. The van der Waals surface area contributed by atoms with E-state index in [1.807, 2.05) is 42.6 Å². The lowest BCUT2D eigenvalue weighted by molar-refractivity contribution is 0.414. The van der Waals surface area contributed by atoms with Gasteiger partial charge in [-0.05, 0) is 29.8 Å². The van der Waals surface area contributed by atoms with Crippen LogP contribution in [0, 0.1) is 0 Å². The molecule has 0 atom stereocenters. The maximum absolute atomic E-state index is 5.16. The van der Waals surface area contributed by atoms with Crippen LogP contribution in [0.2, 0.25) is 0 Å². The highest BCUT2D eigenvalue weighted by Gasteiger charge is 1.93. The van der Waals surface area contributed by atoms with Crippen molar-refractivity contribution in [1.29, 1.82) is 0 Å². The van der Waals surface area contributed by atoms with Crippen molar-refractivity contribution in [2.75, 3.05) is 12.5 Å². The number of hydrazone groups is 1. The van der Waals surface area contributed by atoms with Crippen molar-refractivity contribution in [3.63, 3.8) is 0 Å². The molecule has 0 radical (unpaired) electrons. The first-order valence-corrected chi connectivity index (χ1v) is 5.69. The number of anilines is 1. The Labute approximate surface area is 106 Å². The predicted molar refractivity (Wildman–Crippen MR) is 73.0 cm³/mol. The van der Waals surface area contributed by atoms with Crippen LogP contribution in [0.3, 0.4) is 0 Å². The Balaban J connectivity index is 1.87. The average Bonchev–Trinajstić information content (AvgIpc) is 2.45. The van der Waals surface area contributed by atoms with Gasteiger partial charge in [-0.1, -0.05) is 12.1 Å². The van der Waals surface area contributed by atoms with Gasteiger partial charge in [-0.2, -0.15) is 5.10 Å². The summed E-state index contributed by atoms with van der Waals surface area (Å²) >= 11 is 0. The molecule has 0 unspecified atom stereocenters. The van der Waals surface area contributed by atoms with Crippen molar-refractivity contribution >= 4 is 11.9 Å². The van der Waals surface area contributed by atoms with Gasteiger partial charge in [0, 0.05) is 25.0 Å². The molecule has 0 bridgehead atoms. The van der Waals surface area contributed by atoms with Crippen LogP contribution in [0.1, 0.15) is 5.56 Å². The number of pyridine rings is 1. The summed E-state index contributed by atoms with van der Waals surface area (Å²) in [7, 11) is 1.66. The Kier molecular flexibility index (Phi) is 4.30. The summed E-state index contributed by atoms with van der Waals surface area (Å²) in [6.45, 7) is 0. The minimum atomic E-state index is 0.759. The molecule has 0 saturated carbocycles. The van der Waals surface area contributed by atoms with Crippen LogP contribution in [0.4, 0.5) is 5.69 Å². The molecule has 1 heterocycles. The molecular weight excluding hydrogens is 226 g/mol. The molecule has 1 N–H and O–H groups in total. The van der Waals surface area contributed by atoms with E-state index in [0.717, 1.165) is 23.4 Å². The fraction of sp³-hybridized carbons (Fsp3) is 0.143. The number of hydrogen-bond donors (Lipinski definition) is 1. The number of methoxy groups -OCH3 is 1. The van der Waals surface area contributed by atoms with E-state index in [1.54, 1.807) is 19.5 Å². The third-order valence-electron chi connectivity index (χ3n) is 2.43. The third kappa shape index (κ3) is 3.59. The van der Waals surface area contributed by atoms with E-state index >= 15 is 0 Å². The number of nitrogens with one attached hydrogen (secondary N) is 1. The standard InChI is InChI=1S/C14H15N3O/c1-18-14-4-2-3-12(11-14)5-10-16-17-13-6-8-15-9-7-13/h2-4,6-11H,5H2,1H3,(H,15,17)/b16-10+. The molecule has 2 rings (SSSR count). The van der Waals surface area contributed by atoms with E-state index in [2.05, 4.69) is 15.5 Å². The second-order valence-electron chi connectivity index (χ2n) is 3.72. The van der Waals surface area contributed by atoms with Crippen molar-refractivity contribution in [3.8, 4) is 5.75 Å². The fourth-order valence-electron chi connectivity index (χ4n) is 1.50. The van der Waals surface area contributed by atoms with Crippen LogP contribution in [0.25, 0.3) is 0 Å². The molecule has 4 heteroatoms. The van der Waals surface area contributed by atoms with Gasteiger partial charge in [0.1, 0.15) is 5.75 Å². The summed E-state index contributed by atoms with van der Waals surface area (Å²) in [6, 6.07) is 11.7. The highest BCUT2D eigenvalue weighted by molar-refractivity contribution is 5.63. The first-order valence-electron chi connectivity index (χ1n) is 5.69. The lowest BCUT2D eigenvalue weighted by Crippen LogP contribution is -1.93. The molecule has 1 aromatic carbocycles. The van der Waals surface area contributed by atoms with E-state index in [0.29, 0.717) is 0 Å². The van der Waals surface area contributed by atoms with Gasteiger partial charge in [0.2, 0.25) is 0 Å². The minimum Gasteiger partial charge on any atom is -0.497 e. The van der Waals surface area contributed by atoms with Crippen molar-refractivity contribution in [3.05, 3.63) is 54.4 Å². The number of hydrogen-bond acceptors (Lipinski definition) is 4. The van der Waals surface area contributed by atoms with Crippen LogP contribution in [-0.2, 0) is 6.42 Å². The van der Waals surface area contributed by atoms with Gasteiger partial charge in [-0.15, -0.1) is 0 Å². The molecule has 1 aromatic heterocycles. The molecule has 0 fully saturated rings. The van der Waals surface area contributed by atoms with E-state index in [9.17, 15) is 0 Å². The maximum atomic E-state index is 5.16. The van der Waals surface area contributed by atoms with E-state index in [4.69, 9.17) is 4.74 Å². The van der Waals surface area contributed by atoms with Crippen LogP contribution in [0.15, 0.2) is 53.9 Å². The van der Waals surface area contributed by atoms with E-state index < -0.39 is 0 Å². The summed E-state index contributed by atoms with van der Waals surface area (Å²) in [5.41, 5.74) is 5.03. The Hall–Kier alpha value is -2.36. The number of aromatic nitrogens is 1. The zero-order valence-corrected chi connectivity index (χ0v) is 10.2. The quantitative estimate of drug-likeness (QED) is 0.646. The zero-order valence-electron chi connectivity index (χ0n) is 10.2. The van der Waals surface area contributed by atoms with Crippen LogP contribution in [-0.4, -0.2) is 18.3 Å². The lowest BCUT2D eigenvalue weighted by atomic mass is 10.1. The Morgan fingerprint density at radius 3 is 2.89 bits per heavy atom. The van der Waals surface area contributed by atoms with Gasteiger partial charge < -0.3 is 4.74 Å². The number of nitrogens with zero attached hydrogens (tertiary/aromatic N) is 2. The normalized spacial score (nSPS) is 10.5. The number of ether oxygens (including phenoxy) is 1. The third-order valence-corrected chi connectivity index (χ3v) is 2.43. The molecule has 0 amide bonds. The average molecular weight is 241 g/mol. The van der Waals surface area contributed by atoms with Crippen molar-refractivity contribution in [2.24, 2.45) is 5.10 Å². The van der Waals surface area contributed by atoms with Gasteiger partial charge in [-0.25, -0.2) is 0 Å². The fourth-order valence-corrected chi connectivity index (χ4v) is 1.50. The number of rotatable bonds is 5. The largest absolute Gasteiger partial charge is 0.497 e. The lowest BCUT2D eigenvalue weighted by Gasteiger charge is -2.01. The second kappa shape index (κ2) is 6.39. The summed E-state index contributed by atoms with van der Waals surface area (Å²) in [5.74, 6) is 0.864. The molecule has 0 spiro atoms. The molecule has 92 valence electrons. The van der Waals surface area contributed by atoms with Crippen molar-refractivity contribution < 1.29 is 4.74 Å². The molecule has 0 saturated heterocycles. The smallest absolute Gasteiger partial charge is 0.119 e. The van der Waals surface area contributed by atoms with Crippen molar-refractivity contribution in [1.82, 2.24) is 4.98 Å². The predicted octanol–water partition coefficient (Wildman–Crippen LogP) is 2.73. The summed E-state index contributed by atoms with van der Waals surface area (Å²) in [5, 5.41) is 4.15. The van der Waals surface area contributed by atoms with E-state index in [1.165, 1.54) is 0 Å². The van der Waals surface area contributed by atoms with Crippen LogP contribution < -0.4 is 10.2 Å². The number of benzene rings is 1. The summed E-state index contributed by atoms with van der Waals surface area (Å²) in [6.07, 6.45) is 6.03. The highest BCUT2D eigenvalue weighted by Crippen LogP contribution is 2.12. The summed E-state index contributed by atoms with van der Waals surface area (Å²) in [4.78, 5) is 3.93. The summed E-state index contributed by atoms with van der Waals surface area (Å²) < 4.78 is 5.16. The SMILES string of the molecule is COc1cccc(C/C=N/Nc2ccncc2)c1. The minimum absolute atomic E-state index is 0.759. The monoisotopic (exact) mass is 241 g/mol. The zero-order chi connectivity index (χ0) is 12.6. The van der Waals surface area contributed by atoms with Gasteiger partial charge >= 0.3 is 0 Å². The Morgan fingerprint density at radius 2 is 2.11 bits per heavy atom. The maximum Gasteiger partial charge on any atom is 0.119 e. The van der Waals surface area contributed by atoms with Gasteiger partial charge in [0.15, 0.2) is 0 Å². The molecule has 0 aliphatic rings. The first-order chi connectivity index (χ1) is 8.88. The van der Waals surface area contributed by atoms with Crippen LogP contribution >= 0.6 is 0 Å². The highest BCUT2D eigenvalue weighted by atomic mass is 16.5. The molecule has 0 aliphatic carbocycles. The molecule has 18 heavy (non-hydrogen) atoms.